The lowest BCUT2D eigenvalue weighted by Crippen LogP contribution is -2.07. The number of aromatic nitrogens is 3. The standard InChI is InChI=1S/C9H15N3O3/c1-6(13)4-3-5-12-7(2)8(9(14)15)10-11-12/h6,13H,3-5H2,1-2H3,(H,14,15). The third-order valence-corrected chi connectivity index (χ3v) is 2.18. The van der Waals surface area contributed by atoms with Crippen LogP contribution in [-0.4, -0.2) is 37.3 Å². The minimum atomic E-state index is -1.06. The van der Waals surface area contributed by atoms with E-state index in [1.165, 1.54) is 0 Å². The van der Waals surface area contributed by atoms with E-state index >= 15 is 0 Å². The van der Waals surface area contributed by atoms with Crippen LogP contribution >= 0.6 is 0 Å². The van der Waals surface area contributed by atoms with Gasteiger partial charge in [-0.2, -0.15) is 0 Å². The van der Waals surface area contributed by atoms with E-state index in [1.54, 1.807) is 18.5 Å². The Kier molecular flexibility index (Phi) is 3.79. The van der Waals surface area contributed by atoms with Crippen LogP contribution in [0.5, 0.6) is 0 Å². The van der Waals surface area contributed by atoms with Crippen molar-refractivity contribution in [2.45, 2.75) is 39.3 Å². The molecule has 6 heteroatoms. The van der Waals surface area contributed by atoms with Crippen LogP contribution in [0, 0.1) is 6.92 Å². The second kappa shape index (κ2) is 4.88. The number of aliphatic hydroxyl groups excluding tert-OH is 1. The maximum atomic E-state index is 10.7. The van der Waals surface area contributed by atoms with Gasteiger partial charge in [-0.25, -0.2) is 9.48 Å². The van der Waals surface area contributed by atoms with Crippen LogP contribution in [0.3, 0.4) is 0 Å². The Bertz CT molecular complexity index is 346. The monoisotopic (exact) mass is 213 g/mol. The second-order valence-electron chi connectivity index (χ2n) is 3.54. The van der Waals surface area contributed by atoms with Gasteiger partial charge in [0, 0.05) is 6.54 Å². The van der Waals surface area contributed by atoms with E-state index in [2.05, 4.69) is 10.3 Å². The van der Waals surface area contributed by atoms with Crippen LogP contribution in [0.4, 0.5) is 0 Å². The second-order valence-corrected chi connectivity index (χ2v) is 3.54. The van der Waals surface area contributed by atoms with Crippen molar-refractivity contribution in [2.75, 3.05) is 0 Å². The third kappa shape index (κ3) is 3.02. The van der Waals surface area contributed by atoms with Gasteiger partial charge in [-0.15, -0.1) is 5.10 Å². The van der Waals surface area contributed by atoms with Crippen LogP contribution in [0.15, 0.2) is 0 Å². The molecule has 0 aromatic carbocycles. The number of nitrogens with zero attached hydrogens (tertiary/aromatic N) is 3. The zero-order valence-electron chi connectivity index (χ0n) is 8.84. The predicted molar refractivity (Wildman–Crippen MR) is 52.6 cm³/mol. The molecule has 0 saturated heterocycles. The number of carboxylic acids is 1. The summed E-state index contributed by atoms with van der Waals surface area (Å²) in [5.41, 5.74) is 0.542. The van der Waals surface area contributed by atoms with E-state index < -0.39 is 5.97 Å². The molecule has 15 heavy (non-hydrogen) atoms. The summed E-state index contributed by atoms with van der Waals surface area (Å²) in [4.78, 5) is 10.7. The largest absolute Gasteiger partial charge is 0.476 e. The first-order chi connectivity index (χ1) is 7.02. The predicted octanol–water partition coefficient (Wildman–Crippen LogP) is 0.446. The Morgan fingerprint density at radius 3 is 2.73 bits per heavy atom. The van der Waals surface area contributed by atoms with Gasteiger partial charge < -0.3 is 10.2 Å². The third-order valence-electron chi connectivity index (χ3n) is 2.18. The van der Waals surface area contributed by atoms with E-state index in [0.717, 1.165) is 6.42 Å². The van der Waals surface area contributed by atoms with Gasteiger partial charge in [-0.05, 0) is 26.7 Å². The molecule has 2 N–H and O–H groups in total. The number of carbonyl (C=O) groups is 1. The average molecular weight is 213 g/mol. The molecule has 1 heterocycles. The SMILES string of the molecule is Cc1c(C(=O)O)nnn1CCCC(C)O. The molecule has 0 fully saturated rings. The Labute approximate surface area is 87.5 Å². The van der Waals surface area contributed by atoms with Crippen LogP contribution in [0.2, 0.25) is 0 Å². The summed E-state index contributed by atoms with van der Waals surface area (Å²) in [5, 5.41) is 25.1. The molecule has 1 aromatic heterocycles. The van der Waals surface area contributed by atoms with Gasteiger partial charge in [-0.1, -0.05) is 5.21 Å². The Hall–Kier alpha value is -1.43. The Morgan fingerprint density at radius 2 is 2.27 bits per heavy atom. The van der Waals surface area contributed by atoms with Crippen LogP contribution in [0.25, 0.3) is 0 Å². The molecular weight excluding hydrogens is 198 g/mol. The summed E-state index contributed by atoms with van der Waals surface area (Å²) in [6.45, 7) is 3.97. The highest BCUT2D eigenvalue weighted by atomic mass is 16.4. The van der Waals surface area contributed by atoms with E-state index in [4.69, 9.17) is 10.2 Å². The normalized spacial score (nSPS) is 12.7. The molecule has 1 aromatic rings. The summed E-state index contributed by atoms with van der Waals surface area (Å²) in [5.74, 6) is -1.06. The molecule has 6 nitrogen and oxygen atoms in total. The molecule has 1 rings (SSSR count). The van der Waals surface area contributed by atoms with Gasteiger partial charge in [-0.3, -0.25) is 0 Å². The van der Waals surface area contributed by atoms with E-state index in [1.807, 2.05) is 0 Å². The Morgan fingerprint density at radius 1 is 1.60 bits per heavy atom. The zero-order valence-corrected chi connectivity index (χ0v) is 8.84. The number of hydrogen-bond acceptors (Lipinski definition) is 4. The topological polar surface area (TPSA) is 88.2 Å². The van der Waals surface area contributed by atoms with Gasteiger partial charge in [0.1, 0.15) is 0 Å². The summed E-state index contributed by atoms with van der Waals surface area (Å²) >= 11 is 0. The average Bonchev–Trinajstić information content (AvgIpc) is 2.47. The molecule has 0 amide bonds. The van der Waals surface area contributed by atoms with Crippen molar-refractivity contribution in [2.24, 2.45) is 0 Å². The van der Waals surface area contributed by atoms with Crippen molar-refractivity contribution in [3.05, 3.63) is 11.4 Å². The number of hydrogen-bond donors (Lipinski definition) is 2. The minimum Gasteiger partial charge on any atom is -0.476 e. The lowest BCUT2D eigenvalue weighted by molar-refractivity contribution is 0.0689. The number of rotatable bonds is 5. The molecule has 1 unspecified atom stereocenters. The fraction of sp³-hybridized carbons (Fsp3) is 0.667. The first kappa shape index (κ1) is 11.6. The molecule has 0 saturated carbocycles. The van der Waals surface area contributed by atoms with Crippen molar-refractivity contribution in [1.29, 1.82) is 0 Å². The van der Waals surface area contributed by atoms with Crippen LogP contribution < -0.4 is 0 Å². The van der Waals surface area contributed by atoms with Crippen molar-refractivity contribution in [1.82, 2.24) is 15.0 Å². The lowest BCUT2D eigenvalue weighted by Gasteiger charge is -2.04. The Balaban J connectivity index is 2.59. The first-order valence-corrected chi connectivity index (χ1v) is 4.83. The van der Waals surface area contributed by atoms with E-state index in [9.17, 15) is 4.79 Å². The maximum Gasteiger partial charge on any atom is 0.358 e. The van der Waals surface area contributed by atoms with Gasteiger partial charge in [0.2, 0.25) is 0 Å². The highest BCUT2D eigenvalue weighted by molar-refractivity contribution is 5.86. The van der Waals surface area contributed by atoms with Crippen molar-refractivity contribution >= 4 is 5.97 Å². The molecule has 0 spiro atoms. The molecule has 84 valence electrons. The maximum absolute atomic E-state index is 10.7. The summed E-state index contributed by atoms with van der Waals surface area (Å²) in [6, 6.07) is 0. The molecule has 0 aliphatic rings. The number of aryl methyl sites for hydroxylation is 1. The molecule has 1 atom stereocenters. The number of aliphatic hydroxyl groups is 1. The zero-order chi connectivity index (χ0) is 11.4. The van der Waals surface area contributed by atoms with Crippen molar-refractivity contribution in [3.8, 4) is 0 Å². The van der Waals surface area contributed by atoms with E-state index in [-0.39, 0.29) is 11.8 Å². The quantitative estimate of drug-likeness (QED) is 0.741. The van der Waals surface area contributed by atoms with Gasteiger partial charge in [0.05, 0.1) is 11.8 Å². The molecule has 0 bridgehead atoms. The smallest absolute Gasteiger partial charge is 0.358 e. The van der Waals surface area contributed by atoms with Gasteiger partial charge >= 0.3 is 5.97 Å². The fourth-order valence-corrected chi connectivity index (χ4v) is 1.31. The van der Waals surface area contributed by atoms with Crippen LogP contribution in [-0.2, 0) is 6.54 Å². The lowest BCUT2D eigenvalue weighted by atomic mass is 10.2. The van der Waals surface area contributed by atoms with Crippen LogP contribution in [0.1, 0.15) is 35.9 Å². The number of carboxylic acid groups (broad SMARTS) is 1. The van der Waals surface area contributed by atoms with Crippen molar-refractivity contribution < 1.29 is 15.0 Å². The van der Waals surface area contributed by atoms with Gasteiger partial charge in [0.25, 0.3) is 0 Å². The molecule has 0 aliphatic carbocycles. The van der Waals surface area contributed by atoms with E-state index in [0.29, 0.717) is 18.7 Å². The molecule has 0 aliphatic heterocycles. The summed E-state index contributed by atoms with van der Waals surface area (Å²) in [6.07, 6.45) is 1.08. The number of aromatic carboxylic acids is 1. The van der Waals surface area contributed by atoms with Gasteiger partial charge in [0.15, 0.2) is 5.69 Å². The summed E-state index contributed by atoms with van der Waals surface area (Å²) in [7, 11) is 0. The van der Waals surface area contributed by atoms with Crippen molar-refractivity contribution in [3.63, 3.8) is 0 Å². The summed E-state index contributed by atoms with van der Waals surface area (Å²) < 4.78 is 1.55. The molecule has 0 radical (unpaired) electrons. The first-order valence-electron chi connectivity index (χ1n) is 4.83. The fourth-order valence-electron chi connectivity index (χ4n) is 1.31. The highest BCUT2D eigenvalue weighted by Crippen LogP contribution is 2.06. The molecular formula is C9H15N3O3. The highest BCUT2D eigenvalue weighted by Gasteiger charge is 2.14. The minimum absolute atomic E-state index is 0.00736.